The zero-order valence-electron chi connectivity index (χ0n) is 13.1. The summed E-state index contributed by atoms with van der Waals surface area (Å²) in [6.45, 7) is 1.32. The van der Waals surface area contributed by atoms with Crippen molar-refractivity contribution < 1.29 is 18.7 Å². The molecular formula is C16H22N2O4. The van der Waals surface area contributed by atoms with E-state index in [9.17, 15) is 9.59 Å². The van der Waals surface area contributed by atoms with Crippen LogP contribution in [0.5, 0.6) is 0 Å². The summed E-state index contributed by atoms with van der Waals surface area (Å²) in [5.41, 5.74) is 0.354. The van der Waals surface area contributed by atoms with Gasteiger partial charge in [0.15, 0.2) is 0 Å². The molecule has 0 N–H and O–H groups in total. The number of hydrogen-bond donors (Lipinski definition) is 0. The largest absolute Gasteiger partial charge is 0.472 e. The fraction of sp³-hybridized carbons (Fsp3) is 0.625. The SMILES string of the molecule is CN(C)C(=O)C1CCC2(CCN(C(=O)c3ccoc3)CC2)O1. The Balaban J connectivity index is 1.58. The third kappa shape index (κ3) is 2.75. The quantitative estimate of drug-likeness (QED) is 0.831. The van der Waals surface area contributed by atoms with Gasteiger partial charge in [-0.25, -0.2) is 0 Å². The fourth-order valence-electron chi connectivity index (χ4n) is 3.33. The summed E-state index contributed by atoms with van der Waals surface area (Å²) in [7, 11) is 3.51. The summed E-state index contributed by atoms with van der Waals surface area (Å²) >= 11 is 0. The van der Waals surface area contributed by atoms with E-state index >= 15 is 0 Å². The molecule has 22 heavy (non-hydrogen) atoms. The van der Waals surface area contributed by atoms with E-state index in [-0.39, 0.29) is 23.5 Å². The van der Waals surface area contributed by atoms with Gasteiger partial charge in [0.25, 0.3) is 11.8 Å². The van der Waals surface area contributed by atoms with E-state index in [1.165, 1.54) is 12.5 Å². The molecule has 2 aliphatic rings. The molecule has 3 rings (SSSR count). The van der Waals surface area contributed by atoms with E-state index in [0.29, 0.717) is 18.7 Å². The number of amides is 2. The third-order valence-corrected chi connectivity index (χ3v) is 4.70. The molecule has 120 valence electrons. The van der Waals surface area contributed by atoms with Crippen LogP contribution >= 0.6 is 0 Å². The van der Waals surface area contributed by atoms with Crippen molar-refractivity contribution in [3.63, 3.8) is 0 Å². The lowest BCUT2D eigenvalue weighted by atomic mass is 9.88. The Morgan fingerprint density at radius 2 is 2.00 bits per heavy atom. The van der Waals surface area contributed by atoms with Crippen LogP contribution in [0.25, 0.3) is 0 Å². The number of ether oxygens (including phenoxy) is 1. The van der Waals surface area contributed by atoms with Gasteiger partial charge in [-0.2, -0.15) is 0 Å². The van der Waals surface area contributed by atoms with E-state index < -0.39 is 0 Å². The van der Waals surface area contributed by atoms with E-state index in [1.807, 2.05) is 4.90 Å². The molecule has 2 aliphatic heterocycles. The first-order chi connectivity index (χ1) is 10.5. The van der Waals surface area contributed by atoms with Crippen molar-refractivity contribution in [2.24, 2.45) is 0 Å². The minimum Gasteiger partial charge on any atom is -0.472 e. The molecule has 2 fully saturated rings. The van der Waals surface area contributed by atoms with Gasteiger partial charge in [0.05, 0.1) is 17.4 Å². The highest BCUT2D eigenvalue weighted by Crippen LogP contribution is 2.39. The minimum absolute atomic E-state index is 0.00233. The van der Waals surface area contributed by atoms with Crippen molar-refractivity contribution in [3.05, 3.63) is 24.2 Å². The molecule has 0 saturated carbocycles. The zero-order chi connectivity index (χ0) is 15.7. The highest BCUT2D eigenvalue weighted by molar-refractivity contribution is 5.93. The second kappa shape index (κ2) is 5.76. The van der Waals surface area contributed by atoms with Crippen molar-refractivity contribution in [3.8, 4) is 0 Å². The molecule has 0 aromatic carbocycles. The maximum Gasteiger partial charge on any atom is 0.257 e. The van der Waals surface area contributed by atoms with Gasteiger partial charge in [0, 0.05) is 27.2 Å². The number of likely N-dealkylation sites (N-methyl/N-ethyl adjacent to an activating group) is 1. The topological polar surface area (TPSA) is 63.0 Å². The molecule has 3 heterocycles. The Labute approximate surface area is 130 Å². The van der Waals surface area contributed by atoms with Crippen LogP contribution in [0.1, 0.15) is 36.0 Å². The number of rotatable bonds is 2. The lowest BCUT2D eigenvalue weighted by Crippen LogP contribution is -2.47. The van der Waals surface area contributed by atoms with Gasteiger partial charge < -0.3 is 19.0 Å². The molecule has 2 saturated heterocycles. The van der Waals surface area contributed by atoms with E-state index in [4.69, 9.17) is 9.15 Å². The monoisotopic (exact) mass is 306 g/mol. The lowest BCUT2D eigenvalue weighted by molar-refractivity contribution is -0.148. The molecule has 0 radical (unpaired) electrons. The number of furan rings is 1. The van der Waals surface area contributed by atoms with Crippen LogP contribution in [-0.2, 0) is 9.53 Å². The van der Waals surface area contributed by atoms with Gasteiger partial charge in [-0.3, -0.25) is 9.59 Å². The zero-order valence-corrected chi connectivity index (χ0v) is 13.1. The standard InChI is InChI=1S/C16H22N2O4/c1-17(2)15(20)13-3-5-16(22-13)6-8-18(9-7-16)14(19)12-4-10-21-11-12/h4,10-11,13H,3,5-9H2,1-2H3. The molecule has 6 heteroatoms. The minimum atomic E-state index is -0.328. The molecule has 1 atom stereocenters. The van der Waals surface area contributed by atoms with Crippen molar-refractivity contribution in [2.45, 2.75) is 37.4 Å². The van der Waals surface area contributed by atoms with Crippen molar-refractivity contribution in [1.29, 1.82) is 0 Å². The Hall–Kier alpha value is -1.82. The predicted molar refractivity (Wildman–Crippen MR) is 79.4 cm³/mol. The second-order valence-electron chi connectivity index (χ2n) is 6.37. The molecule has 0 bridgehead atoms. The highest BCUT2D eigenvalue weighted by Gasteiger charge is 2.45. The number of hydrogen-bond acceptors (Lipinski definition) is 4. The van der Waals surface area contributed by atoms with Crippen LogP contribution in [0.2, 0.25) is 0 Å². The van der Waals surface area contributed by atoms with Gasteiger partial charge in [-0.05, 0) is 31.7 Å². The number of carbonyl (C=O) groups excluding carboxylic acids is 2. The van der Waals surface area contributed by atoms with Crippen LogP contribution < -0.4 is 0 Å². The molecule has 6 nitrogen and oxygen atoms in total. The van der Waals surface area contributed by atoms with E-state index in [0.717, 1.165) is 25.7 Å². The average Bonchev–Trinajstić information content (AvgIpc) is 3.17. The van der Waals surface area contributed by atoms with Crippen LogP contribution in [-0.4, -0.2) is 60.5 Å². The normalized spacial score (nSPS) is 23.7. The molecule has 2 amide bonds. The van der Waals surface area contributed by atoms with E-state index in [2.05, 4.69) is 0 Å². The van der Waals surface area contributed by atoms with Crippen LogP contribution in [0.15, 0.2) is 23.0 Å². The van der Waals surface area contributed by atoms with E-state index in [1.54, 1.807) is 25.1 Å². The Kier molecular flexibility index (Phi) is 3.95. The summed E-state index contributed by atoms with van der Waals surface area (Å²) in [6.07, 6.45) is 5.89. The van der Waals surface area contributed by atoms with Gasteiger partial charge in [-0.15, -0.1) is 0 Å². The summed E-state index contributed by atoms with van der Waals surface area (Å²) < 4.78 is 11.1. The van der Waals surface area contributed by atoms with Crippen molar-refractivity contribution in [2.75, 3.05) is 27.2 Å². The summed E-state index contributed by atoms with van der Waals surface area (Å²) in [5.74, 6) is 0.0382. The smallest absolute Gasteiger partial charge is 0.257 e. The Bertz CT molecular complexity index is 545. The third-order valence-electron chi connectivity index (χ3n) is 4.70. The van der Waals surface area contributed by atoms with Gasteiger partial charge in [0.1, 0.15) is 12.4 Å². The lowest BCUT2D eigenvalue weighted by Gasteiger charge is -2.39. The fourth-order valence-corrected chi connectivity index (χ4v) is 3.33. The molecule has 1 unspecified atom stereocenters. The van der Waals surface area contributed by atoms with Crippen LogP contribution in [0.4, 0.5) is 0 Å². The maximum atomic E-state index is 12.3. The average molecular weight is 306 g/mol. The molecule has 0 aliphatic carbocycles. The Morgan fingerprint density at radius 3 is 2.59 bits per heavy atom. The number of carbonyl (C=O) groups is 2. The summed E-state index contributed by atoms with van der Waals surface area (Å²) in [5, 5.41) is 0. The molecule has 1 aromatic rings. The molecular weight excluding hydrogens is 284 g/mol. The van der Waals surface area contributed by atoms with Gasteiger partial charge >= 0.3 is 0 Å². The van der Waals surface area contributed by atoms with Crippen LogP contribution in [0.3, 0.4) is 0 Å². The Morgan fingerprint density at radius 1 is 1.27 bits per heavy atom. The van der Waals surface area contributed by atoms with Crippen molar-refractivity contribution in [1.82, 2.24) is 9.80 Å². The first kappa shape index (κ1) is 15.1. The molecule has 1 spiro atoms. The van der Waals surface area contributed by atoms with Crippen molar-refractivity contribution >= 4 is 11.8 Å². The highest BCUT2D eigenvalue weighted by atomic mass is 16.5. The van der Waals surface area contributed by atoms with Gasteiger partial charge in [-0.1, -0.05) is 0 Å². The van der Waals surface area contributed by atoms with Gasteiger partial charge in [0.2, 0.25) is 0 Å². The number of piperidine rings is 1. The first-order valence-corrected chi connectivity index (χ1v) is 7.71. The van der Waals surface area contributed by atoms with Crippen LogP contribution in [0, 0.1) is 0 Å². The second-order valence-corrected chi connectivity index (χ2v) is 6.37. The first-order valence-electron chi connectivity index (χ1n) is 7.71. The maximum absolute atomic E-state index is 12.3. The predicted octanol–water partition coefficient (Wildman–Crippen LogP) is 1.52. The summed E-state index contributed by atoms with van der Waals surface area (Å²) in [4.78, 5) is 27.7. The molecule has 1 aromatic heterocycles. The summed E-state index contributed by atoms with van der Waals surface area (Å²) in [6, 6.07) is 1.69. The number of nitrogens with zero attached hydrogens (tertiary/aromatic N) is 2. The number of likely N-dealkylation sites (tertiary alicyclic amines) is 1.